The maximum atomic E-state index is 11.4. The fourth-order valence-electron chi connectivity index (χ4n) is 2.20. The Bertz CT molecular complexity index is 456. The second-order valence-corrected chi connectivity index (χ2v) is 5.34. The summed E-state index contributed by atoms with van der Waals surface area (Å²) in [4.78, 5) is 17.7. The number of pyridine rings is 1. The molecule has 1 aromatic heterocycles. The molecule has 1 aromatic rings. The van der Waals surface area contributed by atoms with Gasteiger partial charge in [0.15, 0.2) is 0 Å². The van der Waals surface area contributed by atoms with E-state index in [0.29, 0.717) is 17.1 Å². The van der Waals surface area contributed by atoms with Gasteiger partial charge in [0.05, 0.1) is 17.4 Å². The molecule has 0 saturated carbocycles. The van der Waals surface area contributed by atoms with Crippen LogP contribution in [-0.4, -0.2) is 24.0 Å². The van der Waals surface area contributed by atoms with Crippen molar-refractivity contribution in [2.24, 2.45) is 11.1 Å². The summed E-state index contributed by atoms with van der Waals surface area (Å²) in [6.07, 6.45) is 2.64. The van der Waals surface area contributed by atoms with Gasteiger partial charge in [-0.05, 0) is 17.9 Å². The summed E-state index contributed by atoms with van der Waals surface area (Å²) in [5.74, 6) is 0.168. The van der Waals surface area contributed by atoms with Crippen LogP contribution in [0.15, 0.2) is 12.3 Å². The predicted octanol–water partition coefficient (Wildman–Crippen LogP) is 0.999. The molecule has 92 valence electrons. The molecule has 1 fully saturated rings. The van der Waals surface area contributed by atoms with Crippen LogP contribution in [0.4, 0.5) is 11.5 Å². The molecule has 1 aliphatic heterocycles. The average molecular weight is 234 g/mol. The molecule has 1 amide bonds. The molecule has 0 bridgehead atoms. The van der Waals surface area contributed by atoms with E-state index in [-0.39, 0.29) is 5.41 Å². The van der Waals surface area contributed by atoms with E-state index < -0.39 is 5.91 Å². The molecule has 17 heavy (non-hydrogen) atoms. The average Bonchev–Trinajstić information content (AvgIpc) is 2.58. The third kappa shape index (κ3) is 2.33. The van der Waals surface area contributed by atoms with Gasteiger partial charge in [0.2, 0.25) is 0 Å². The summed E-state index contributed by atoms with van der Waals surface area (Å²) in [5.41, 5.74) is 12.1. The van der Waals surface area contributed by atoms with Crippen molar-refractivity contribution in [3.63, 3.8) is 0 Å². The Balaban J connectivity index is 2.36. The van der Waals surface area contributed by atoms with Crippen molar-refractivity contribution >= 4 is 17.4 Å². The molecule has 0 unspecified atom stereocenters. The van der Waals surface area contributed by atoms with Crippen LogP contribution in [0.2, 0.25) is 0 Å². The maximum Gasteiger partial charge on any atom is 0.252 e. The van der Waals surface area contributed by atoms with Crippen LogP contribution in [0.5, 0.6) is 0 Å². The third-order valence-corrected chi connectivity index (χ3v) is 3.13. The Hall–Kier alpha value is -1.78. The number of nitrogens with zero attached hydrogens (tertiary/aromatic N) is 2. The molecule has 2 heterocycles. The van der Waals surface area contributed by atoms with Gasteiger partial charge < -0.3 is 16.4 Å². The number of primary amides is 1. The number of carbonyl (C=O) groups is 1. The highest BCUT2D eigenvalue weighted by molar-refractivity contribution is 5.98. The first-order chi connectivity index (χ1) is 7.89. The normalized spacial score (nSPS) is 18.4. The minimum absolute atomic E-state index is 0.248. The molecule has 0 radical (unpaired) electrons. The smallest absolute Gasteiger partial charge is 0.252 e. The first-order valence-corrected chi connectivity index (χ1v) is 5.69. The highest BCUT2D eigenvalue weighted by Gasteiger charge is 2.31. The zero-order valence-electron chi connectivity index (χ0n) is 10.2. The van der Waals surface area contributed by atoms with Crippen molar-refractivity contribution in [1.29, 1.82) is 0 Å². The van der Waals surface area contributed by atoms with Crippen molar-refractivity contribution in [2.45, 2.75) is 20.3 Å². The Kier molecular flexibility index (Phi) is 2.69. The van der Waals surface area contributed by atoms with E-state index in [1.807, 2.05) is 0 Å². The molecule has 0 spiro atoms. The summed E-state index contributed by atoms with van der Waals surface area (Å²) in [5, 5.41) is 0. The van der Waals surface area contributed by atoms with Gasteiger partial charge in [-0.2, -0.15) is 0 Å². The Labute approximate surface area is 101 Å². The first kappa shape index (κ1) is 11.7. The summed E-state index contributed by atoms with van der Waals surface area (Å²) in [7, 11) is 0. The van der Waals surface area contributed by atoms with E-state index in [4.69, 9.17) is 11.5 Å². The lowest BCUT2D eigenvalue weighted by atomic mass is 9.93. The second-order valence-electron chi connectivity index (χ2n) is 5.34. The number of aromatic nitrogens is 1. The first-order valence-electron chi connectivity index (χ1n) is 5.69. The minimum Gasteiger partial charge on any atom is -0.397 e. The number of nitrogens with two attached hydrogens (primary N) is 2. The number of anilines is 2. The molecule has 0 atom stereocenters. The number of hydrogen-bond donors (Lipinski definition) is 2. The van der Waals surface area contributed by atoms with Gasteiger partial charge in [-0.3, -0.25) is 4.79 Å². The second kappa shape index (κ2) is 3.91. The van der Waals surface area contributed by atoms with Crippen LogP contribution in [-0.2, 0) is 0 Å². The van der Waals surface area contributed by atoms with Gasteiger partial charge in [-0.1, -0.05) is 13.8 Å². The summed E-state index contributed by atoms with van der Waals surface area (Å²) in [6.45, 7) is 6.18. The van der Waals surface area contributed by atoms with Gasteiger partial charge in [0.1, 0.15) is 5.82 Å². The van der Waals surface area contributed by atoms with Gasteiger partial charge in [0.25, 0.3) is 5.91 Å². The maximum absolute atomic E-state index is 11.4. The van der Waals surface area contributed by atoms with E-state index in [0.717, 1.165) is 19.5 Å². The fourth-order valence-corrected chi connectivity index (χ4v) is 2.20. The highest BCUT2D eigenvalue weighted by Crippen LogP contribution is 2.33. The van der Waals surface area contributed by atoms with Crippen molar-refractivity contribution in [2.75, 3.05) is 23.7 Å². The van der Waals surface area contributed by atoms with Crippen molar-refractivity contribution in [3.05, 3.63) is 17.8 Å². The Morgan fingerprint density at radius 2 is 2.24 bits per heavy atom. The van der Waals surface area contributed by atoms with Crippen molar-refractivity contribution in [1.82, 2.24) is 4.98 Å². The highest BCUT2D eigenvalue weighted by atomic mass is 16.1. The number of carbonyl (C=O) groups excluding carboxylic acids is 1. The molecular weight excluding hydrogens is 216 g/mol. The summed E-state index contributed by atoms with van der Waals surface area (Å²) < 4.78 is 0. The van der Waals surface area contributed by atoms with Crippen molar-refractivity contribution < 1.29 is 4.79 Å². The summed E-state index contributed by atoms with van der Waals surface area (Å²) >= 11 is 0. The molecule has 5 nitrogen and oxygen atoms in total. The van der Waals surface area contributed by atoms with Crippen LogP contribution >= 0.6 is 0 Å². The molecule has 0 aliphatic carbocycles. The molecule has 5 heteroatoms. The third-order valence-electron chi connectivity index (χ3n) is 3.13. The van der Waals surface area contributed by atoms with Crippen LogP contribution in [0, 0.1) is 5.41 Å². The Morgan fingerprint density at radius 1 is 1.53 bits per heavy atom. The van der Waals surface area contributed by atoms with Crippen LogP contribution in [0.25, 0.3) is 0 Å². The number of rotatable bonds is 2. The SMILES string of the molecule is CC1(C)CCN(c2ncc(N)cc2C(N)=O)C1. The van der Waals surface area contributed by atoms with E-state index in [9.17, 15) is 4.79 Å². The zero-order valence-corrected chi connectivity index (χ0v) is 10.2. The van der Waals surface area contributed by atoms with Crippen LogP contribution < -0.4 is 16.4 Å². The standard InChI is InChI=1S/C12H18N4O/c1-12(2)3-4-16(7-12)11-9(10(14)17)5-8(13)6-15-11/h5-6H,3-4,7,13H2,1-2H3,(H2,14,17). The Morgan fingerprint density at radius 3 is 2.76 bits per heavy atom. The molecular formula is C12H18N4O. The van der Waals surface area contributed by atoms with E-state index >= 15 is 0 Å². The van der Waals surface area contributed by atoms with Gasteiger partial charge in [0, 0.05) is 13.1 Å². The van der Waals surface area contributed by atoms with Crippen LogP contribution in [0.3, 0.4) is 0 Å². The lowest BCUT2D eigenvalue weighted by Gasteiger charge is -2.22. The van der Waals surface area contributed by atoms with E-state index in [1.165, 1.54) is 0 Å². The van der Waals surface area contributed by atoms with E-state index in [1.54, 1.807) is 12.3 Å². The summed E-state index contributed by atoms with van der Waals surface area (Å²) in [6, 6.07) is 1.59. The quantitative estimate of drug-likeness (QED) is 0.799. The monoisotopic (exact) mass is 234 g/mol. The van der Waals surface area contributed by atoms with Gasteiger partial charge in [-0.25, -0.2) is 4.98 Å². The van der Waals surface area contributed by atoms with Gasteiger partial charge >= 0.3 is 0 Å². The molecule has 1 aliphatic rings. The largest absolute Gasteiger partial charge is 0.397 e. The predicted molar refractivity (Wildman–Crippen MR) is 67.8 cm³/mol. The molecule has 2 rings (SSSR count). The number of nitrogen functional groups attached to an aromatic ring is 1. The topological polar surface area (TPSA) is 85.2 Å². The number of hydrogen-bond acceptors (Lipinski definition) is 4. The van der Waals surface area contributed by atoms with Crippen LogP contribution in [0.1, 0.15) is 30.6 Å². The van der Waals surface area contributed by atoms with Crippen molar-refractivity contribution in [3.8, 4) is 0 Å². The lowest BCUT2D eigenvalue weighted by molar-refractivity contribution is 0.100. The molecule has 0 aromatic carbocycles. The van der Waals surface area contributed by atoms with Gasteiger partial charge in [-0.15, -0.1) is 0 Å². The minimum atomic E-state index is -0.482. The molecule has 1 saturated heterocycles. The lowest BCUT2D eigenvalue weighted by Crippen LogP contribution is -2.27. The van der Waals surface area contributed by atoms with E-state index in [2.05, 4.69) is 23.7 Å². The fraction of sp³-hybridized carbons (Fsp3) is 0.500. The zero-order chi connectivity index (χ0) is 12.6. The molecule has 4 N–H and O–H groups in total. The number of amides is 1.